The molecule has 0 unspecified atom stereocenters. The lowest BCUT2D eigenvalue weighted by Gasteiger charge is -2.44. The maximum absolute atomic E-state index is 12.2. The fraction of sp³-hybridized carbons (Fsp3) is 0.263. The summed E-state index contributed by atoms with van der Waals surface area (Å²) >= 11 is 11.0. The number of carbonyl (C=O) groups is 1. The van der Waals surface area contributed by atoms with E-state index in [9.17, 15) is 4.79 Å². The second-order valence-electron chi connectivity index (χ2n) is 6.88. The van der Waals surface area contributed by atoms with Crippen LogP contribution in [0, 0.1) is 0 Å². The van der Waals surface area contributed by atoms with Crippen molar-refractivity contribution in [1.29, 1.82) is 0 Å². The third-order valence-electron chi connectivity index (χ3n) is 5.65. The third kappa shape index (κ3) is 2.23. The second kappa shape index (κ2) is 5.91. The van der Waals surface area contributed by atoms with Gasteiger partial charge in [-0.15, -0.1) is 0 Å². The van der Waals surface area contributed by atoms with E-state index in [0.717, 1.165) is 31.2 Å². The van der Waals surface area contributed by atoms with Crippen LogP contribution in [0.25, 0.3) is 0 Å². The Morgan fingerprint density at radius 3 is 2.85 bits per heavy atom. The summed E-state index contributed by atoms with van der Waals surface area (Å²) in [5, 5.41) is 3.12. The molecule has 26 heavy (non-hydrogen) atoms. The quantitative estimate of drug-likeness (QED) is 0.490. The second-order valence-corrected chi connectivity index (χ2v) is 9.57. The Bertz CT molecular complexity index is 990. The topological polar surface area (TPSA) is 44.7 Å². The van der Waals surface area contributed by atoms with Crippen LogP contribution >= 0.6 is 47.8 Å². The molecule has 1 fully saturated rings. The fourth-order valence-electron chi connectivity index (χ4n) is 4.61. The first kappa shape index (κ1) is 17.0. The number of benzene rings is 2. The van der Waals surface area contributed by atoms with Gasteiger partial charge >= 0.3 is 0 Å². The van der Waals surface area contributed by atoms with Crippen LogP contribution in [0.1, 0.15) is 29.9 Å². The van der Waals surface area contributed by atoms with Gasteiger partial charge in [0, 0.05) is 37.9 Å². The van der Waals surface area contributed by atoms with Crippen LogP contribution in [0.3, 0.4) is 0 Å². The van der Waals surface area contributed by atoms with Crippen molar-refractivity contribution in [3.63, 3.8) is 0 Å². The smallest absolute Gasteiger partial charge is 0.220 e. The van der Waals surface area contributed by atoms with Crippen LogP contribution in [-0.4, -0.2) is 18.8 Å². The lowest BCUT2D eigenvalue weighted by Crippen LogP contribution is -2.48. The summed E-state index contributed by atoms with van der Waals surface area (Å²) in [7, 11) is 0. The first-order chi connectivity index (χ1) is 12.5. The van der Waals surface area contributed by atoms with Crippen molar-refractivity contribution in [1.82, 2.24) is 5.32 Å². The Morgan fingerprint density at radius 1 is 1.15 bits per heavy atom. The summed E-state index contributed by atoms with van der Waals surface area (Å²) in [6.45, 7) is 0.616. The molecule has 132 valence electrons. The molecule has 3 heterocycles. The number of rotatable bonds is 0. The normalized spacial score (nSPS) is 25.7. The van der Waals surface area contributed by atoms with Gasteiger partial charge < -0.3 is 10.2 Å². The largest absolute Gasteiger partial charge is 0.355 e. The first-order valence-corrected chi connectivity index (χ1v) is 10.8. The minimum atomic E-state index is -0.314. The highest BCUT2D eigenvalue weighted by atomic mass is 79.9. The van der Waals surface area contributed by atoms with Gasteiger partial charge in [-0.3, -0.25) is 4.79 Å². The minimum Gasteiger partial charge on any atom is -0.355 e. The number of fused-ring (bicyclic) bond motifs is 4. The van der Waals surface area contributed by atoms with Crippen LogP contribution in [0.15, 0.2) is 48.7 Å². The monoisotopic (exact) mass is 537 g/mol. The number of anilines is 1. The maximum atomic E-state index is 12.2. The molecular formula is C19H14Br3N3O. The summed E-state index contributed by atoms with van der Waals surface area (Å²) < 4.78 is 3.09. The Labute approximate surface area is 176 Å². The van der Waals surface area contributed by atoms with E-state index < -0.39 is 0 Å². The molecule has 0 saturated carbocycles. The zero-order chi connectivity index (χ0) is 18.1. The molecule has 1 spiro atoms. The van der Waals surface area contributed by atoms with E-state index >= 15 is 0 Å². The Balaban J connectivity index is 1.84. The number of aliphatic imine (C=N–C) groups is 1. The van der Waals surface area contributed by atoms with Gasteiger partial charge in [-0.25, -0.2) is 4.99 Å². The predicted octanol–water partition coefficient (Wildman–Crippen LogP) is 5.36. The average molecular weight is 540 g/mol. The minimum absolute atomic E-state index is 0.114. The highest BCUT2D eigenvalue weighted by molar-refractivity contribution is 9.11. The molecule has 0 bridgehead atoms. The van der Waals surface area contributed by atoms with E-state index in [1.807, 2.05) is 18.5 Å². The van der Waals surface area contributed by atoms with E-state index in [1.165, 1.54) is 11.1 Å². The molecule has 0 radical (unpaired) electrons. The van der Waals surface area contributed by atoms with Gasteiger partial charge in [0.05, 0.1) is 23.3 Å². The van der Waals surface area contributed by atoms with Gasteiger partial charge in [0.15, 0.2) is 0 Å². The molecule has 4 nitrogen and oxygen atoms in total. The fourth-order valence-corrected chi connectivity index (χ4v) is 6.42. The molecule has 3 aliphatic heterocycles. The van der Waals surface area contributed by atoms with Crippen molar-refractivity contribution >= 4 is 71.4 Å². The van der Waals surface area contributed by atoms with Crippen LogP contribution < -0.4 is 10.2 Å². The van der Waals surface area contributed by atoms with Gasteiger partial charge in [-0.05, 0) is 58.2 Å². The molecule has 0 aliphatic carbocycles. The Kier molecular flexibility index (Phi) is 3.85. The van der Waals surface area contributed by atoms with Crippen molar-refractivity contribution in [2.75, 3.05) is 11.4 Å². The van der Waals surface area contributed by atoms with Gasteiger partial charge in [0.25, 0.3) is 0 Å². The highest BCUT2D eigenvalue weighted by Crippen LogP contribution is 2.60. The van der Waals surface area contributed by atoms with Crippen LogP contribution in [0.2, 0.25) is 0 Å². The van der Waals surface area contributed by atoms with Crippen molar-refractivity contribution in [2.45, 2.75) is 24.3 Å². The van der Waals surface area contributed by atoms with Gasteiger partial charge in [0.2, 0.25) is 5.91 Å². The van der Waals surface area contributed by atoms with Gasteiger partial charge in [0.1, 0.15) is 0 Å². The zero-order valence-electron chi connectivity index (χ0n) is 13.6. The van der Waals surface area contributed by atoms with Crippen molar-refractivity contribution in [2.24, 2.45) is 4.99 Å². The van der Waals surface area contributed by atoms with E-state index in [1.54, 1.807) is 0 Å². The standard InChI is InChI=1S/C19H14Br3N3O/c20-10-1-2-16-13(6-10)19-4-3-17(26)23-8-14(19)12-5-11(21)7-15(22)18(12)25(19)9-24-16/h1-2,5-7,9,14H,3-4,8H2,(H,23,26)/t14-,19+/m1/s1. The van der Waals surface area contributed by atoms with Crippen LogP contribution in [0.4, 0.5) is 11.4 Å². The van der Waals surface area contributed by atoms with Crippen molar-refractivity contribution in [3.05, 3.63) is 54.9 Å². The summed E-state index contributed by atoms with van der Waals surface area (Å²) in [5.41, 5.74) is 4.21. The molecule has 2 aromatic rings. The molecule has 7 heteroatoms. The SMILES string of the molecule is O=C1CC[C@@]23c4cc(Br)ccc4N=CN2c2c(Br)cc(Br)cc2[C@H]3CN1. The van der Waals surface area contributed by atoms with Gasteiger partial charge in [-0.1, -0.05) is 31.9 Å². The molecular weight excluding hydrogens is 526 g/mol. The zero-order valence-corrected chi connectivity index (χ0v) is 18.4. The molecule has 0 aromatic heterocycles. The molecule has 1 amide bonds. The number of carbonyl (C=O) groups excluding carboxylic acids is 1. The number of halogens is 3. The third-order valence-corrected chi connectivity index (χ3v) is 7.21. The van der Waals surface area contributed by atoms with Crippen LogP contribution in [0.5, 0.6) is 0 Å². The number of amides is 1. The number of nitrogens with zero attached hydrogens (tertiary/aromatic N) is 2. The van der Waals surface area contributed by atoms with Crippen molar-refractivity contribution < 1.29 is 4.79 Å². The van der Waals surface area contributed by atoms with E-state index in [-0.39, 0.29) is 17.4 Å². The van der Waals surface area contributed by atoms with E-state index in [2.05, 4.69) is 76.2 Å². The van der Waals surface area contributed by atoms with Crippen LogP contribution in [-0.2, 0) is 10.3 Å². The van der Waals surface area contributed by atoms with Gasteiger partial charge in [-0.2, -0.15) is 0 Å². The molecule has 1 N–H and O–H groups in total. The first-order valence-electron chi connectivity index (χ1n) is 8.40. The number of nitrogens with one attached hydrogen (secondary N) is 1. The van der Waals surface area contributed by atoms with Crippen molar-refractivity contribution in [3.8, 4) is 0 Å². The average Bonchev–Trinajstić information content (AvgIpc) is 2.76. The molecule has 5 rings (SSSR count). The predicted molar refractivity (Wildman–Crippen MR) is 113 cm³/mol. The number of hydrogen-bond acceptors (Lipinski definition) is 3. The Hall–Kier alpha value is -1.18. The molecule has 2 aromatic carbocycles. The summed E-state index contributed by atoms with van der Waals surface area (Å²) in [6, 6.07) is 10.5. The molecule has 2 atom stereocenters. The number of hydrogen-bond donors (Lipinski definition) is 1. The lowest BCUT2D eigenvalue weighted by atomic mass is 9.73. The maximum Gasteiger partial charge on any atom is 0.220 e. The Morgan fingerprint density at radius 2 is 2.00 bits per heavy atom. The summed E-state index contributed by atoms with van der Waals surface area (Å²) in [6.07, 6.45) is 3.18. The summed E-state index contributed by atoms with van der Waals surface area (Å²) in [5.74, 6) is 0.265. The molecule has 1 saturated heterocycles. The summed E-state index contributed by atoms with van der Waals surface area (Å²) in [4.78, 5) is 19.2. The van der Waals surface area contributed by atoms with E-state index in [0.29, 0.717) is 13.0 Å². The lowest BCUT2D eigenvalue weighted by molar-refractivity contribution is -0.120. The molecule has 3 aliphatic rings. The highest BCUT2D eigenvalue weighted by Gasteiger charge is 2.56. The van der Waals surface area contributed by atoms with E-state index in [4.69, 9.17) is 4.99 Å².